The number of carbonyl (C=O) groups is 2. The summed E-state index contributed by atoms with van der Waals surface area (Å²) in [6.07, 6.45) is 1.69. The Balaban J connectivity index is 2.02. The molecule has 1 amide bonds. The molecule has 1 aliphatic heterocycles. The molecule has 1 atom stereocenters. The molecule has 1 heterocycles. The molecule has 0 bridgehead atoms. The zero-order valence-electron chi connectivity index (χ0n) is 13.3. The van der Waals surface area contributed by atoms with Gasteiger partial charge in [0.1, 0.15) is 5.60 Å². The van der Waals surface area contributed by atoms with E-state index in [1.54, 1.807) is 29.2 Å². The van der Waals surface area contributed by atoms with E-state index in [9.17, 15) is 9.59 Å². The molecule has 0 saturated carbocycles. The lowest BCUT2D eigenvalue weighted by molar-refractivity contribution is 0.0223. The summed E-state index contributed by atoms with van der Waals surface area (Å²) in [6, 6.07) is 6.82. The van der Waals surface area contributed by atoms with Crippen LogP contribution in [0.4, 0.5) is 4.79 Å². The van der Waals surface area contributed by atoms with Gasteiger partial charge in [-0.1, -0.05) is 23.7 Å². The summed E-state index contributed by atoms with van der Waals surface area (Å²) < 4.78 is 5.41. The Kier molecular flexibility index (Phi) is 5.12. The van der Waals surface area contributed by atoms with Gasteiger partial charge in [0.15, 0.2) is 5.78 Å². The predicted octanol–water partition coefficient (Wildman–Crippen LogP) is 4.31. The van der Waals surface area contributed by atoms with Crippen LogP contribution >= 0.6 is 11.6 Å². The van der Waals surface area contributed by atoms with Gasteiger partial charge in [-0.2, -0.15) is 0 Å². The van der Waals surface area contributed by atoms with Crippen molar-refractivity contribution in [2.75, 3.05) is 6.54 Å². The molecule has 22 heavy (non-hydrogen) atoms. The molecule has 1 aliphatic rings. The van der Waals surface area contributed by atoms with Gasteiger partial charge in [-0.25, -0.2) is 4.79 Å². The number of Topliss-reactive ketones (excluding diaryl/α,β-unsaturated/α-hetero) is 1. The van der Waals surface area contributed by atoms with E-state index in [1.165, 1.54) is 0 Å². The minimum absolute atomic E-state index is 0.00274. The minimum Gasteiger partial charge on any atom is -0.444 e. The zero-order valence-corrected chi connectivity index (χ0v) is 14.0. The summed E-state index contributed by atoms with van der Waals surface area (Å²) in [5.74, 6) is 0.00274. The zero-order chi connectivity index (χ0) is 16.3. The molecule has 1 saturated heterocycles. The number of likely N-dealkylation sites (tertiary alicyclic amines) is 1. The predicted molar refractivity (Wildman–Crippen MR) is 86.4 cm³/mol. The van der Waals surface area contributed by atoms with Gasteiger partial charge in [-0.3, -0.25) is 4.79 Å². The molecule has 1 aromatic carbocycles. The molecule has 5 heteroatoms. The Morgan fingerprint density at radius 3 is 2.73 bits per heavy atom. The maximum Gasteiger partial charge on any atom is 0.410 e. The molecule has 0 aromatic heterocycles. The van der Waals surface area contributed by atoms with Crippen molar-refractivity contribution in [1.29, 1.82) is 0 Å². The second kappa shape index (κ2) is 6.69. The van der Waals surface area contributed by atoms with E-state index in [2.05, 4.69) is 0 Å². The van der Waals surface area contributed by atoms with Crippen LogP contribution in [0.5, 0.6) is 0 Å². The quantitative estimate of drug-likeness (QED) is 0.778. The van der Waals surface area contributed by atoms with Gasteiger partial charge >= 0.3 is 6.09 Å². The number of halogens is 1. The first-order chi connectivity index (χ1) is 10.3. The minimum atomic E-state index is -0.527. The van der Waals surface area contributed by atoms with Crippen LogP contribution in [0, 0.1) is 0 Å². The number of hydrogen-bond donors (Lipinski definition) is 0. The van der Waals surface area contributed by atoms with Gasteiger partial charge in [0.05, 0.1) is 0 Å². The molecule has 1 aromatic rings. The fourth-order valence-corrected chi connectivity index (χ4v) is 2.79. The topological polar surface area (TPSA) is 46.6 Å². The SMILES string of the molecule is CC(C)(C)OC(=O)N1CCCC1CC(=O)c1cccc(Cl)c1. The summed E-state index contributed by atoms with van der Waals surface area (Å²) in [5.41, 5.74) is 0.0600. The van der Waals surface area contributed by atoms with Crippen LogP contribution in [0.2, 0.25) is 5.02 Å². The first kappa shape index (κ1) is 16.8. The molecular formula is C17H22ClNO3. The highest BCUT2D eigenvalue weighted by atomic mass is 35.5. The molecule has 0 N–H and O–H groups in total. The molecule has 0 radical (unpaired) electrons. The summed E-state index contributed by atoms with van der Waals surface area (Å²) in [4.78, 5) is 26.3. The van der Waals surface area contributed by atoms with Crippen molar-refractivity contribution in [3.63, 3.8) is 0 Å². The van der Waals surface area contributed by atoms with Crippen LogP contribution in [0.1, 0.15) is 50.4 Å². The van der Waals surface area contributed by atoms with E-state index in [-0.39, 0.29) is 17.9 Å². The molecule has 0 spiro atoms. The average Bonchev–Trinajstić information content (AvgIpc) is 2.85. The van der Waals surface area contributed by atoms with Crippen molar-refractivity contribution < 1.29 is 14.3 Å². The second-order valence-electron chi connectivity index (χ2n) is 6.61. The molecule has 2 rings (SSSR count). The van der Waals surface area contributed by atoms with E-state index >= 15 is 0 Å². The Morgan fingerprint density at radius 1 is 1.36 bits per heavy atom. The number of nitrogens with zero attached hydrogens (tertiary/aromatic N) is 1. The number of carbonyl (C=O) groups excluding carboxylic acids is 2. The van der Waals surface area contributed by atoms with Crippen LogP contribution < -0.4 is 0 Å². The highest BCUT2D eigenvalue weighted by Gasteiger charge is 2.33. The van der Waals surface area contributed by atoms with Crippen molar-refractivity contribution in [3.8, 4) is 0 Å². The van der Waals surface area contributed by atoms with Gasteiger partial charge in [0, 0.05) is 29.6 Å². The van der Waals surface area contributed by atoms with E-state index in [1.807, 2.05) is 20.8 Å². The first-order valence-electron chi connectivity index (χ1n) is 7.54. The van der Waals surface area contributed by atoms with Gasteiger partial charge < -0.3 is 9.64 Å². The van der Waals surface area contributed by atoms with Gasteiger partial charge in [-0.15, -0.1) is 0 Å². The summed E-state index contributed by atoms with van der Waals surface area (Å²) in [5, 5.41) is 0.543. The normalized spacial score (nSPS) is 18.4. The van der Waals surface area contributed by atoms with Crippen LogP contribution in [0.25, 0.3) is 0 Å². The number of ether oxygens (including phenoxy) is 1. The maximum atomic E-state index is 12.4. The molecular weight excluding hydrogens is 302 g/mol. The summed E-state index contributed by atoms with van der Waals surface area (Å²) >= 11 is 5.92. The third-order valence-corrected chi connectivity index (χ3v) is 3.81. The van der Waals surface area contributed by atoms with Crippen LogP contribution in [-0.2, 0) is 4.74 Å². The van der Waals surface area contributed by atoms with Crippen LogP contribution in [0.15, 0.2) is 24.3 Å². The van der Waals surface area contributed by atoms with Gasteiger partial charge in [0.2, 0.25) is 0 Å². The molecule has 1 fully saturated rings. The molecule has 120 valence electrons. The fraction of sp³-hybridized carbons (Fsp3) is 0.529. The average molecular weight is 324 g/mol. The number of hydrogen-bond acceptors (Lipinski definition) is 3. The van der Waals surface area contributed by atoms with E-state index < -0.39 is 5.60 Å². The third kappa shape index (κ3) is 4.47. The van der Waals surface area contributed by atoms with Crippen LogP contribution in [-0.4, -0.2) is 35.0 Å². The Morgan fingerprint density at radius 2 is 2.09 bits per heavy atom. The molecule has 4 nitrogen and oxygen atoms in total. The highest BCUT2D eigenvalue weighted by molar-refractivity contribution is 6.31. The van der Waals surface area contributed by atoms with Crippen molar-refractivity contribution in [2.24, 2.45) is 0 Å². The van der Waals surface area contributed by atoms with E-state index in [4.69, 9.17) is 16.3 Å². The maximum absolute atomic E-state index is 12.4. The summed E-state index contributed by atoms with van der Waals surface area (Å²) in [7, 11) is 0. The number of ketones is 1. The fourth-order valence-electron chi connectivity index (χ4n) is 2.60. The third-order valence-electron chi connectivity index (χ3n) is 3.57. The molecule has 1 unspecified atom stereocenters. The Hall–Kier alpha value is -1.55. The lowest BCUT2D eigenvalue weighted by Gasteiger charge is -2.28. The van der Waals surface area contributed by atoms with Crippen molar-refractivity contribution in [1.82, 2.24) is 4.90 Å². The standard InChI is InChI=1S/C17H22ClNO3/c1-17(2,3)22-16(21)19-9-5-8-14(19)11-15(20)12-6-4-7-13(18)10-12/h4,6-7,10,14H,5,8-9,11H2,1-3H3. The van der Waals surface area contributed by atoms with E-state index in [0.717, 1.165) is 12.8 Å². The van der Waals surface area contributed by atoms with E-state index in [0.29, 0.717) is 23.6 Å². The van der Waals surface area contributed by atoms with Gasteiger partial charge in [0.25, 0.3) is 0 Å². The van der Waals surface area contributed by atoms with Gasteiger partial charge in [-0.05, 0) is 45.7 Å². The van der Waals surface area contributed by atoms with Crippen molar-refractivity contribution in [2.45, 2.75) is 51.7 Å². The summed E-state index contributed by atoms with van der Waals surface area (Å²) in [6.45, 7) is 6.16. The number of amides is 1. The number of rotatable bonds is 3. The molecule has 0 aliphatic carbocycles. The highest BCUT2D eigenvalue weighted by Crippen LogP contribution is 2.24. The van der Waals surface area contributed by atoms with Crippen molar-refractivity contribution in [3.05, 3.63) is 34.9 Å². The Labute approximate surface area is 136 Å². The smallest absolute Gasteiger partial charge is 0.410 e. The van der Waals surface area contributed by atoms with Crippen LogP contribution in [0.3, 0.4) is 0 Å². The monoisotopic (exact) mass is 323 g/mol. The number of benzene rings is 1. The first-order valence-corrected chi connectivity index (χ1v) is 7.92. The lowest BCUT2D eigenvalue weighted by atomic mass is 10.0. The Bertz CT molecular complexity index is 565. The largest absolute Gasteiger partial charge is 0.444 e. The van der Waals surface area contributed by atoms with Crippen molar-refractivity contribution >= 4 is 23.5 Å². The second-order valence-corrected chi connectivity index (χ2v) is 7.04. The lowest BCUT2D eigenvalue weighted by Crippen LogP contribution is -2.40.